The molecule has 2 rings (SSSR count). The van der Waals surface area contributed by atoms with Crippen LogP contribution in [-0.4, -0.2) is 39.4 Å². The summed E-state index contributed by atoms with van der Waals surface area (Å²) >= 11 is 0. The molecule has 2 N–H and O–H groups in total. The number of aromatic hydroxyl groups is 2. The fraction of sp³-hybridized carbons (Fsp3) is 0.429. The van der Waals surface area contributed by atoms with E-state index in [2.05, 4.69) is 0 Å². The van der Waals surface area contributed by atoms with Gasteiger partial charge in [-0.25, -0.2) is 0 Å². The second-order valence-electron chi connectivity index (χ2n) is 4.90. The highest BCUT2D eigenvalue weighted by molar-refractivity contribution is 5.97. The smallest absolute Gasteiger partial charge is 0.257 e. The minimum atomic E-state index is -0.291. The van der Waals surface area contributed by atoms with Crippen LogP contribution in [0.5, 0.6) is 11.5 Å². The fourth-order valence-corrected chi connectivity index (χ4v) is 2.50. The Hall–Kier alpha value is -2.04. The van der Waals surface area contributed by atoms with E-state index in [1.165, 1.54) is 19.1 Å². The molecular weight excluding hydrogens is 246 g/mol. The predicted octanol–water partition coefficient (Wildman–Crippen LogP) is 1.68. The number of carbonyl (C=O) groups is 2. The molecule has 1 amide bonds. The van der Waals surface area contributed by atoms with Crippen molar-refractivity contribution in [3.05, 3.63) is 23.8 Å². The van der Waals surface area contributed by atoms with Gasteiger partial charge in [-0.15, -0.1) is 0 Å². The Kier molecular flexibility index (Phi) is 3.74. The average molecular weight is 263 g/mol. The second kappa shape index (κ2) is 5.30. The number of Topliss-reactive ketones (excluding diaryl/α,β-unsaturated/α-hetero) is 1. The predicted molar refractivity (Wildman–Crippen MR) is 69.1 cm³/mol. The van der Waals surface area contributed by atoms with Crippen molar-refractivity contribution in [1.29, 1.82) is 0 Å². The number of likely N-dealkylation sites (tertiary alicyclic amines) is 1. The molecule has 0 spiro atoms. The lowest BCUT2D eigenvalue weighted by atomic mass is 10.1. The van der Waals surface area contributed by atoms with Gasteiger partial charge in [0, 0.05) is 25.1 Å². The highest BCUT2D eigenvalue weighted by atomic mass is 16.3. The van der Waals surface area contributed by atoms with Gasteiger partial charge in [-0.05, 0) is 31.9 Å². The number of hydrogen-bond acceptors (Lipinski definition) is 4. The Morgan fingerprint density at radius 3 is 2.74 bits per heavy atom. The molecule has 1 aliphatic heterocycles. The molecule has 1 aliphatic rings. The highest BCUT2D eigenvalue weighted by Crippen LogP contribution is 2.28. The van der Waals surface area contributed by atoms with Crippen molar-refractivity contribution in [1.82, 2.24) is 4.90 Å². The molecule has 5 nitrogen and oxygen atoms in total. The SMILES string of the molecule is CC(=O)CC1CCCN1C(=O)c1ccc(O)cc1O. The number of nitrogens with zero attached hydrogens (tertiary/aromatic N) is 1. The number of benzene rings is 1. The van der Waals surface area contributed by atoms with Gasteiger partial charge in [0.1, 0.15) is 17.3 Å². The van der Waals surface area contributed by atoms with Crippen LogP contribution < -0.4 is 0 Å². The fourth-order valence-electron chi connectivity index (χ4n) is 2.50. The Morgan fingerprint density at radius 1 is 1.37 bits per heavy atom. The minimum Gasteiger partial charge on any atom is -0.508 e. The van der Waals surface area contributed by atoms with Gasteiger partial charge in [-0.1, -0.05) is 0 Å². The summed E-state index contributed by atoms with van der Waals surface area (Å²) in [6, 6.07) is 3.82. The molecule has 0 radical (unpaired) electrons. The second-order valence-corrected chi connectivity index (χ2v) is 4.90. The van der Waals surface area contributed by atoms with Crippen molar-refractivity contribution in [3.8, 4) is 11.5 Å². The zero-order valence-corrected chi connectivity index (χ0v) is 10.8. The molecule has 1 atom stereocenters. The Labute approximate surface area is 111 Å². The van der Waals surface area contributed by atoms with Gasteiger partial charge < -0.3 is 15.1 Å². The summed E-state index contributed by atoms with van der Waals surface area (Å²) < 4.78 is 0. The number of phenols is 2. The van der Waals surface area contributed by atoms with E-state index in [4.69, 9.17) is 0 Å². The number of ketones is 1. The summed E-state index contributed by atoms with van der Waals surface area (Å²) in [4.78, 5) is 25.2. The summed E-state index contributed by atoms with van der Waals surface area (Å²) in [5.74, 6) is -0.560. The quantitative estimate of drug-likeness (QED) is 0.869. The van der Waals surface area contributed by atoms with Crippen LogP contribution in [0.4, 0.5) is 0 Å². The van der Waals surface area contributed by atoms with E-state index in [1.807, 2.05) is 0 Å². The highest BCUT2D eigenvalue weighted by Gasteiger charge is 2.31. The number of rotatable bonds is 3. The molecule has 19 heavy (non-hydrogen) atoms. The summed E-state index contributed by atoms with van der Waals surface area (Å²) in [6.07, 6.45) is 2.03. The number of hydrogen-bond donors (Lipinski definition) is 2. The van der Waals surface area contributed by atoms with Crippen LogP contribution in [0.25, 0.3) is 0 Å². The van der Waals surface area contributed by atoms with E-state index in [0.717, 1.165) is 18.9 Å². The average Bonchev–Trinajstić information content (AvgIpc) is 2.75. The maximum atomic E-state index is 12.3. The number of carbonyl (C=O) groups excluding carboxylic acids is 2. The van der Waals surface area contributed by atoms with Gasteiger partial charge in [0.05, 0.1) is 5.56 Å². The van der Waals surface area contributed by atoms with E-state index in [0.29, 0.717) is 13.0 Å². The third kappa shape index (κ3) is 2.86. The molecule has 1 fully saturated rings. The lowest BCUT2D eigenvalue weighted by Crippen LogP contribution is -2.36. The first-order valence-corrected chi connectivity index (χ1v) is 6.31. The van der Waals surface area contributed by atoms with Crippen molar-refractivity contribution >= 4 is 11.7 Å². The van der Waals surface area contributed by atoms with Crippen molar-refractivity contribution in [2.75, 3.05) is 6.54 Å². The molecule has 5 heteroatoms. The number of amides is 1. The van der Waals surface area contributed by atoms with Crippen molar-refractivity contribution in [3.63, 3.8) is 0 Å². The lowest BCUT2D eigenvalue weighted by Gasteiger charge is -2.24. The molecule has 102 valence electrons. The molecule has 0 aliphatic carbocycles. The lowest BCUT2D eigenvalue weighted by molar-refractivity contribution is -0.117. The zero-order chi connectivity index (χ0) is 14.0. The Bertz CT molecular complexity index is 512. The van der Waals surface area contributed by atoms with Crippen LogP contribution in [0.2, 0.25) is 0 Å². The largest absolute Gasteiger partial charge is 0.508 e. The standard InChI is InChI=1S/C14H17NO4/c1-9(16)7-10-3-2-6-15(10)14(19)12-5-4-11(17)8-13(12)18/h4-5,8,10,17-18H,2-3,6-7H2,1H3. The molecular formula is C14H17NO4. The van der Waals surface area contributed by atoms with Crippen LogP contribution in [0.1, 0.15) is 36.5 Å². The first kappa shape index (κ1) is 13.4. The summed E-state index contributed by atoms with van der Waals surface area (Å²) in [5.41, 5.74) is 0.160. The van der Waals surface area contributed by atoms with Crippen LogP contribution in [0.3, 0.4) is 0 Å². The summed E-state index contributed by atoms with van der Waals surface area (Å²) in [5, 5.41) is 18.9. The Balaban J connectivity index is 2.20. The van der Waals surface area contributed by atoms with Crippen molar-refractivity contribution in [2.24, 2.45) is 0 Å². The topological polar surface area (TPSA) is 77.8 Å². The first-order chi connectivity index (χ1) is 8.99. The monoisotopic (exact) mass is 263 g/mol. The minimum absolute atomic E-state index is 0.0552. The van der Waals surface area contributed by atoms with Gasteiger partial charge in [0.15, 0.2) is 0 Å². The first-order valence-electron chi connectivity index (χ1n) is 6.31. The summed E-state index contributed by atoms with van der Waals surface area (Å²) in [7, 11) is 0. The molecule has 0 bridgehead atoms. The number of phenolic OH excluding ortho intramolecular Hbond substituents is 2. The van der Waals surface area contributed by atoms with Crippen molar-refractivity contribution < 1.29 is 19.8 Å². The van der Waals surface area contributed by atoms with E-state index < -0.39 is 0 Å². The van der Waals surface area contributed by atoms with Crippen LogP contribution >= 0.6 is 0 Å². The van der Waals surface area contributed by atoms with E-state index >= 15 is 0 Å². The van der Waals surface area contributed by atoms with E-state index in [9.17, 15) is 19.8 Å². The Morgan fingerprint density at radius 2 is 2.11 bits per heavy atom. The third-order valence-electron chi connectivity index (χ3n) is 3.37. The van der Waals surface area contributed by atoms with Crippen molar-refractivity contribution in [2.45, 2.75) is 32.2 Å². The normalized spacial score (nSPS) is 18.6. The van der Waals surface area contributed by atoms with Crippen LogP contribution in [-0.2, 0) is 4.79 Å². The molecule has 1 heterocycles. The maximum absolute atomic E-state index is 12.3. The van der Waals surface area contributed by atoms with Crippen LogP contribution in [0.15, 0.2) is 18.2 Å². The van der Waals surface area contributed by atoms with Gasteiger partial charge in [0.2, 0.25) is 0 Å². The van der Waals surface area contributed by atoms with Gasteiger partial charge in [0.25, 0.3) is 5.91 Å². The van der Waals surface area contributed by atoms with Gasteiger partial charge in [-0.3, -0.25) is 9.59 Å². The molecule has 0 aromatic heterocycles. The maximum Gasteiger partial charge on any atom is 0.257 e. The van der Waals surface area contributed by atoms with Crippen LogP contribution in [0, 0.1) is 0 Å². The molecule has 1 saturated heterocycles. The third-order valence-corrected chi connectivity index (χ3v) is 3.37. The molecule has 1 unspecified atom stereocenters. The van der Waals surface area contributed by atoms with E-state index in [-0.39, 0.29) is 34.8 Å². The zero-order valence-electron chi connectivity index (χ0n) is 10.8. The van der Waals surface area contributed by atoms with E-state index in [1.54, 1.807) is 4.90 Å². The molecule has 1 aromatic carbocycles. The van der Waals surface area contributed by atoms with Gasteiger partial charge in [-0.2, -0.15) is 0 Å². The molecule has 1 aromatic rings. The van der Waals surface area contributed by atoms with Gasteiger partial charge >= 0.3 is 0 Å². The molecule has 0 saturated carbocycles. The summed E-state index contributed by atoms with van der Waals surface area (Å²) in [6.45, 7) is 2.11.